The van der Waals surface area contributed by atoms with E-state index in [4.69, 9.17) is 14.2 Å². The quantitative estimate of drug-likeness (QED) is 0.195. The van der Waals surface area contributed by atoms with Crippen molar-refractivity contribution in [3.05, 3.63) is 95.6 Å². The Morgan fingerprint density at radius 1 is 0.795 bits per heavy atom. The molecule has 1 unspecified atom stereocenters. The minimum absolute atomic E-state index is 0.171. The average molecular weight is 532 g/mol. The minimum atomic E-state index is -0.787. The highest BCUT2D eigenvalue weighted by Crippen LogP contribution is 2.41. The highest BCUT2D eigenvalue weighted by molar-refractivity contribution is 5.84. The molecule has 1 aliphatic rings. The standard InChI is InChI=1S/C33H41NO5/c1-37-29-18-14-26(15-19-29)33(25-11-7-6-8-12-25,27-16-20-30(38-2)21-17-27)39-22-10-5-3-4-9-13-32(36)31-23-28(35)24-34-31/h6-8,11-12,14-21,28,31,34-35H,3-5,9-10,13,22-24H2,1-2H3/t28-,31?/m1/s1. The van der Waals surface area contributed by atoms with Crippen molar-refractivity contribution in [2.24, 2.45) is 0 Å². The Morgan fingerprint density at radius 3 is 1.87 bits per heavy atom. The molecule has 3 aromatic carbocycles. The van der Waals surface area contributed by atoms with Crippen molar-refractivity contribution >= 4 is 5.78 Å². The Balaban J connectivity index is 1.42. The van der Waals surface area contributed by atoms with Crippen molar-refractivity contribution in [3.8, 4) is 11.5 Å². The van der Waals surface area contributed by atoms with Gasteiger partial charge in [-0.2, -0.15) is 0 Å². The Hall–Kier alpha value is -3.19. The fraction of sp³-hybridized carbons (Fsp3) is 0.424. The lowest BCUT2D eigenvalue weighted by atomic mass is 9.80. The first-order chi connectivity index (χ1) is 19.1. The first-order valence-electron chi connectivity index (χ1n) is 14.0. The average Bonchev–Trinajstić information content (AvgIpc) is 3.43. The van der Waals surface area contributed by atoms with Crippen LogP contribution in [0.15, 0.2) is 78.9 Å². The first kappa shape index (κ1) is 28.8. The van der Waals surface area contributed by atoms with Crippen LogP contribution in [0.2, 0.25) is 0 Å². The van der Waals surface area contributed by atoms with Gasteiger partial charge in [0.1, 0.15) is 22.9 Å². The number of hydrogen-bond acceptors (Lipinski definition) is 6. The molecule has 3 aromatic rings. The van der Waals surface area contributed by atoms with E-state index in [2.05, 4.69) is 41.7 Å². The maximum Gasteiger partial charge on any atom is 0.149 e. The van der Waals surface area contributed by atoms with Gasteiger partial charge in [-0.15, -0.1) is 0 Å². The highest BCUT2D eigenvalue weighted by atomic mass is 16.5. The zero-order valence-corrected chi connectivity index (χ0v) is 23.1. The third-order valence-corrected chi connectivity index (χ3v) is 7.56. The van der Waals surface area contributed by atoms with Crippen LogP contribution in [0.25, 0.3) is 0 Å². The molecule has 1 saturated heterocycles. The van der Waals surface area contributed by atoms with Gasteiger partial charge in [0.2, 0.25) is 0 Å². The molecule has 0 saturated carbocycles. The van der Waals surface area contributed by atoms with E-state index in [0.717, 1.165) is 60.3 Å². The van der Waals surface area contributed by atoms with Crippen LogP contribution in [0.4, 0.5) is 0 Å². The Morgan fingerprint density at radius 2 is 1.33 bits per heavy atom. The van der Waals surface area contributed by atoms with Crippen LogP contribution < -0.4 is 14.8 Å². The molecule has 4 rings (SSSR count). The van der Waals surface area contributed by atoms with Gasteiger partial charge in [0.15, 0.2) is 0 Å². The Kier molecular flexibility index (Phi) is 10.5. The van der Waals surface area contributed by atoms with Gasteiger partial charge in [0, 0.05) is 19.6 Å². The molecule has 0 bridgehead atoms. The summed E-state index contributed by atoms with van der Waals surface area (Å²) in [5.41, 5.74) is 2.34. The van der Waals surface area contributed by atoms with E-state index in [0.29, 0.717) is 26.0 Å². The van der Waals surface area contributed by atoms with Crippen molar-refractivity contribution in [2.45, 2.75) is 62.7 Å². The summed E-state index contributed by atoms with van der Waals surface area (Å²) in [5, 5.41) is 12.7. The summed E-state index contributed by atoms with van der Waals surface area (Å²) in [6.45, 7) is 1.11. The molecule has 208 valence electrons. The number of aliphatic hydroxyl groups is 1. The number of rotatable bonds is 15. The molecule has 6 nitrogen and oxygen atoms in total. The van der Waals surface area contributed by atoms with Gasteiger partial charge in [0.05, 0.1) is 26.4 Å². The van der Waals surface area contributed by atoms with Crippen LogP contribution in [-0.2, 0) is 15.1 Å². The van der Waals surface area contributed by atoms with E-state index in [9.17, 15) is 9.90 Å². The summed E-state index contributed by atoms with van der Waals surface area (Å²) >= 11 is 0. The molecule has 0 amide bonds. The van der Waals surface area contributed by atoms with Crippen molar-refractivity contribution < 1.29 is 24.1 Å². The molecule has 0 radical (unpaired) electrons. The summed E-state index contributed by atoms with van der Waals surface area (Å²) in [5.74, 6) is 1.82. The third-order valence-electron chi connectivity index (χ3n) is 7.56. The summed E-state index contributed by atoms with van der Waals surface area (Å²) in [6.07, 6.45) is 5.64. The van der Waals surface area contributed by atoms with E-state index in [1.54, 1.807) is 14.2 Å². The summed E-state index contributed by atoms with van der Waals surface area (Å²) in [7, 11) is 3.34. The number of aliphatic hydroxyl groups excluding tert-OH is 1. The number of carbonyl (C=O) groups is 1. The van der Waals surface area contributed by atoms with Crippen LogP contribution in [0, 0.1) is 0 Å². The lowest BCUT2D eigenvalue weighted by molar-refractivity contribution is -0.121. The molecule has 2 atom stereocenters. The Bertz CT molecular complexity index is 1100. The fourth-order valence-corrected chi connectivity index (χ4v) is 5.37. The summed E-state index contributed by atoms with van der Waals surface area (Å²) in [6, 6.07) is 26.4. The normalized spacial score (nSPS) is 17.2. The number of unbranched alkanes of at least 4 members (excludes halogenated alkanes) is 4. The molecule has 1 fully saturated rings. The number of methoxy groups -OCH3 is 2. The van der Waals surface area contributed by atoms with Crippen LogP contribution in [0.1, 0.15) is 61.6 Å². The van der Waals surface area contributed by atoms with E-state index < -0.39 is 11.7 Å². The number of carbonyl (C=O) groups excluding carboxylic acids is 1. The van der Waals surface area contributed by atoms with Crippen LogP contribution in [0.3, 0.4) is 0 Å². The number of Topliss-reactive ketones (excluding diaryl/α,β-unsaturated/α-hetero) is 1. The number of ether oxygens (including phenoxy) is 3. The number of β-amino-alcohol motifs (C(OH)–C–C–N with tert-alkyl or cyclic N) is 1. The van der Waals surface area contributed by atoms with E-state index in [-0.39, 0.29) is 11.8 Å². The molecule has 0 aromatic heterocycles. The van der Waals surface area contributed by atoms with Gasteiger partial charge >= 0.3 is 0 Å². The molecule has 2 N–H and O–H groups in total. The summed E-state index contributed by atoms with van der Waals surface area (Å²) in [4.78, 5) is 12.3. The molecule has 1 heterocycles. The van der Waals surface area contributed by atoms with Gasteiger partial charge in [-0.25, -0.2) is 0 Å². The maximum atomic E-state index is 12.3. The van der Waals surface area contributed by atoms with Crippen molar-refractivity contribution in [3.63, 3.8) is 0 Å². The van der Waals surface area contributed by atoms with Crippen molar-refractivity contribution in [1.29, 1.82) is 0 Å². The molecule has 0 aliphatic carbocycles. The van der Waals surface area contributed by atoms with Gasteiger partial charge in [0.25, 0.3) is 0 Å². The number of benzene rings is 3. The van der Waals surface area contributed by atoms with Gasteiger partial charge in [-0.1, -0.05) is 73.9 Å². The minimum Gasteiger partial charge on any atom is -0.497 e. The second-order valence-corrected chi connectivity index (χ2v) is 10.2. The zero-order chi connectivity index (χ0) is 27.5. The molecule has 0 spiro atoms. The van der Waals surface area contributed by atoms with Gasteiger partial charge < -0.3 is 24.6 Å². The summed E-state index contributed by atoms with van der Waals surface area (Å²) < 4.78 is 17.7. The molecular weight excluding hydrogens is 490 g/mol. The lowest BCUT2D eigenvalue weighted by Crippen LogP contribution is -2.33. The number of nitrogens with one attached hydrogen (secondary N) is 1. The molecule has 1 aliphatic heterocycles. The first-order valence-corrected chi connectivity index (χ1v) is 14.0. The SMILES string of the molecule is COc1ccc(C(OCCCCCCCC(=O)C2C[C@@H](O)CN2)(c2ccccc2)c2ccc(OC)cc2)cc1. The molecular formula is C33H41NO5. The second-order valence-electron chi connectivity index (χ2n) is 10.2. The largest absolute Gasteiger partial charge is 0.497 e. The number of hydrogen-bond donors (Lipinski definition) is 2. The van der Waals surface area contributed by atoms with E-state index >= 15 is 0 Å². The lowest BCUT2D eigenvalue weighted by Gasteiger charge is -2.36. The van der Waals surface area contributed by atoms with E-state index in [1.807, 2.05) is 42.5 Å². The van der Waals surface area contributed by atoms with E-state index in [1.165, 1.54) is 0 Å². The maximum absolute atomic E-state index is 12.3. The number of ketones is 1. The fourth-order valence-electron chi connectivity index (χ4n) is 5.37. The van der Waals surface area contributed by atoms with Gasteiger partial charge in [-0.05, 0) is 60.2 Å². The Labute approximate surface area is 232 Å². The van der Waals surface area contributed by atoms with Crippen molar-refractivity contribution in [1.82, 2.24) is 5.32 Å². The predicted octanol–water partition coefficient (Wildman–Crippen LogP) is 5.64. The monoisotopic (exact) mass is 531 g/mol. The van der Waals surface area contributed by atoms with Gasteiger partial charge in [-0.3, -0.25) is 4.79 Å². The third kappa shape index (κ3) is 7.27. The second kappa shape index (κ2) is 14.3. The molecule has 39 heavy (non-hydrogen) atoms. The molecule has 6 heteroatoms. The smallest absolute Gasteiger partial charge is 0.149 e. The zero-order valence-electron chi connectivity index (χ0n) is 23.1. The van der Waals surface area contributed by atoms with Crippen LogP contribution in [0.5, 0.6) is 11.5 Å². The predicted molar refractivity (Wildman–Crippen MR) is 153 cm³/mol. The van der Waals surface area contributed by atoms with Crippen LogP contribution in [-0.4, -0.2) is 50.4 Å². The highest BCUT2D eigenvalue weighted by Gasteiger charge is 2.37. The van der Waals surface area contributed by atoms with Crippen LogP contribution >= 0.6 is 0 Å². The van der Waals surface area contributed by atoms with Crippen molar-refractivity contribution in [2.75, 3.05) is 27.4 Å². The topological polar surface area (TPSA) is 77.0 Å².